The Labute approximate surface area is 94.5 Å². The van der Waals surface area contributed by atoms with Gasteiger partial charge in [-0.25, -0.2) is 0 Å². The molecule has 1 aliphatic carbocycles. The van der Waals surface area contributed by atoms with E-state index in [9.17, 15) is 5.11 Å². The summed E-state index contributed by atoms with van der Waals surface area (Å²) in [4.78, 5) is 0. The lowest BCUT2D eigenvalue weighted by Crippen LogP contribution is -2.49. The molecule has 1 saturated carbocycles. The second kappa shape index (κ2) is 5.86. The van der Waals surface area contributed by atoms with Crippen molar-refractivity contribution in [1.82, 2.24) is 5.32 Å². The standard InChI is InChI=1S/C13H27NO/c1-11(2)9-14-13(10-15)7-4-5-12(3)6-8-13/h11-12,14-15H,4-10H2,1-3H3. The quantitative estimate of drug-likeness (QED) is 0.703. The number of aliphatic hydroxyl groups is 1. The van der Waals surface area contributed by atoms with Gasteiger partial charge in [-0.2, -0.15) is 0 Å². The van der Waals surface area contributed by atoms with E-state index in [0.717, 1.165) is 25.3 Å². The summed E-state index contributed by atoms with van der Waals surface area (Å²) in [7, 11) is 0. The van der Waals surface area contributed by atoms with Crippen LogP contribution in [0.4, 0.5) is 0 Å². The molecule has 0 amide bonds. The first-order valence-electron chi connectivity index (χ1n) is 6.44. The molecule has 0 aliphatic heterocycles. The van der Waals surface area contributed by atoms with Gasteiger partial charge in [0.25, 0.3) is 0 Å². The largest absolute Gasteiger partial charge is 0.394 e. The predicted octanol–water partition coefficient (Wildman–Crippen LogP) is 2.56. The van der Waals surface area contributed by atoms with Gasteiger partial charge in [0.15, 0.2) is 0 Å². The van der Waals surface area contributed by atoms with E-state index < -0.39 is 0 Å². The molecule has 0 saturated heterocycles. The van der Waals surface area contributed by atoms with Gasteiger partial charge in [-0.3, -0.25) is 0 Å². The van der Waals surface area contributed by atoms with Gasteiger partial charge in [-0.1, -0.05) is 33.6 Å². The third-order valence-electron chi connectivity index (χ3n) is 3.66. The average molecular weight is 213 g/mol. The fraction of sp³-hybridized carbons (Fsp3) is 1.00. The van der Waals surface area contributed by atoms with Crippen molar-refractivity contribution >= 4 is 0 Å². The van der Waals surface area contributed by atoms with Crippen LogP contribution in [0.1, 0.15) is 52.9 Å². The maximum Gasteiger partial charge on any atom is 0.0613 e. The number of hydrogen-bond acceptors (Lipinski definition) is 2. The fourth-order valence-electron chi connectivity index (χ4n) is 2.39. The van der Waals surface area contributed by atoms with E-state index in [-0.39, 0.29) is 5.54 Å². The highest BCUT2D eigenvalue weighted by atomic mass is 16.3. The SMILES string of the molecule is CC(C)CNC1(CO)CCCC(C)CC1. The summed E-state index contributed by atoms with van der Waals surface area (Å²) < 4.78 is 0. The van der Waals surface area contributed by atoms with Crippen LogP contribution < -0.4 is 5.32 Å². The van der Waals surface area contributed by atoms with Crippen molar-refractivity contribution in [1.29, 1.82) is 0 Å². The summed E-state index contributed by atoms with van der Waals surface area (Å²) in [5.41, 5.74) is 0.0228. The Balaban J connectivity index is 2.50. The summed E-state index contributed by atoms with van der Waals surface area (Å²) in [5.74, 6) is 1.49. The van der Waals surface area contributed by atoms with E-state index in [1.807, 2.05) is 0 Å². The van der Waals surface area contributed by atoms with Crippen molar-refractivity contribution in [3.63, 3.8) is 0 Å². The van der Waals surface area contributed by atoms with Crippen molar-refractivity contribution in [3.05, 3.63) is 0 Å². The van der Waals surface area contributed by atoms with Gasteiger partial charge >= 0.3 is 0 Å². The summed E-state index contributed by atoms with van der Waals surface area (Å²) in [6.45, 7) is 8.09. The van der Waals surface area contributed by atoms with Gasteiger partial charge in [0, 0.05) is 5.54 Å². The van der Waals surface area contributed by atoms with Crippen molar-refractivity contribution in [2.75, 3.05) is 13.2 Å². The van der Waals surface area contributed by atoms with Crippen LogP contribution in [0.3, 0.4) is 0 Å². The minimum absolute atomic E-state index is 0.0228. The van der Waals surface area contributed by atoms with Crippen molar-refractivity contribution < 1.29 is 5.11 Å². The molecule has 0 aromatic carbocycles. The maximum absolute atomic E-state index is 9.60. The molecule has 0 aromatic rings. The third kappa shape index (κ3) is 4.12. The Morgan fingerprint density at radius 2 is 2.07 bits per heavy atom. The molecular formula is C13H27NO. The van der Waals surface area contributed by atoms with E-state index in [1.165, 1.54) is 19.3 Å². The van der Waals surface area contributed by atoms with Crippen LogP contribution in [-0.2, 0) is 0 Å². The lowest BCUT2D eigenvalue weighted by Gasteiger charge is -2.33. The number of nitrogens with one attached hydrogen (secondary N) is 1. The highest BCUT2D eigenvalue weighted by Crippen LogP contribution is 2.30. The molecule has 1 aliphatic rings. The zero-order chi connectivity index (χ0) is 11.3. The first-order chi connectivity index (χ1) is 7.08. The second-order valence-corrected chi connectivity index (χ2v) is 5.75. The Morgan fingerprint density at radius 3 is 2.67 bits per heavy atom. The molecule has 0 spiro atoms. The molecular weight excluding hydrogens is 186 g/mol. The van der Waals surface area contributed by atoms with Crippen LogP contribution in [0.2, 0.25) is 0 Å². The molecule has 90 valence electrons. The lowest BCUT2D eigenvalue weighted by atomic mass is 9.90. The summed E-state index contributed by atoms with van der Waals surface area (Å²) in [5, 5.41) is 13.2. The van der Waals surface area contributed by atoms with Gasteiger partial charge in [0.2, 0.25) is 0 Å². The normalized spacial score (nSPS) is 33.0. The van der Waals surface area contributed by atoms with Crippen molar-refractivity contribution in [3.8, 4) is 0 Å². The lowest BCUT2D eigenvalue weighted by molar-refractivity contribution is 0.139. The third-order valence-corrected chi connectivity index (χ3v) is 3.66. The van der Waals surface area contributed by atoms with Gasteiger partial charge in [0.05, 0.1) is 6.61 Å². The Kier molecular flexibility index (Phi) is 5.07. The van der Waals surface area contributed by atoms with E-state index in [1.54, 1.807) is 0 Å². The Bertz CT molecular complexity index is 181. The molecule has 0 aromatic heterocycles. The summed E-state index contributed by atoms with van der Waals surface area (Å²) >= 11 is 0. The molecule has 1 fully saturated rings. The Morgan fingerprint density at radius 1 is 1.33 bits per heavy atom. The molecule has 0 radical (unpaired) electrons. The molecule has 2 heteroatoms. The van der Waals surface area contributed by atoms with Crippen molar-refractivity contribution in [2.24, 2.45) is 11.8 Å². The van der Waals surface area contributed by atoms with Gasteiger partial charge in [-0.05, 0) is 37.6 Å². The van der Waals surface area contributed by atoms with E-state index in [2.05, 4.69) is 26.1 Å². The van der Waals surface area contributed by atoms with Crippen molar-refractivity contribution in [2.45, 2.75) is 58.4 Å². The fourth-order valence-corrected chi connectivity index (χ4v) is 2.39. The molecule has 2 nitrogen and oxygen atoms in total. The highest BCUT2D eigenvalue weighted by Gasteiger charge is 2.31. The van der Waals surface area contributed by atoms with Crippen LogP contribution in [0, 0.1) is 11.8 Å². The van der Waals surface area contributed by atoms with E-state index in [0.29, 0.717) is 12.5 Å². The number of aliphatic hydroxyl groups excluding tert-OH is 1. The predicted molar refractivity (Wildman–Crippen MR) is 64.9 cm³/mol. The van der Waals surface area contributed by atoms with E-state index in [4.69, 9.17) is 0 Å². The number of rotatable bonds is 4. The van der Waals surface area contributed by atoms with Crippen LogP contribution in [0.25, 0.3) is 0 Å². The molecule has 15 heavy (non-hydrogen) atoms. The Hall–Kier alpha value is -0.0800. The number of hydrogen-bond donors (Lipinski definition) is 2. The van der Waals surface area contributed by atoms with Gasteiger partial charge in [-0.15, -0.1) is 0 Å². The summed E-state index contributed by atoms with van der Waals surface area (Å²) in [6, 6.07) is 0. The van der Waals surface area contributed by atoms with Crippen LogP contribution in [-0.4, -0.2) is 23.8 Å². The first-order valence-corrected chi connectivity index (χ1v) is 6.44. The van der Waals surface area contributed by atoms with E-state index >= 15 is 0 Å². The average Bonchev–Trinajstić information content (AvgIpc) is 2.39. The second-order valence-electron chi connectivity index (χ2n) is 5.75. The molecule has 2 unspecified atom stereocenters. The monoisotopic (exact) mass is 213 g/mol. The van der Waals surface area contributed by atoms with Crippen LogP contribution in [0.5, 0.6) is 0 Å². The zero-order valence-electron chi connectivity index (χ0n) is 10.6. The molecule has 2 N–H and O–H groups in total. The van der Waals surface area contributed by atoms with Gasteiger partial charge < -0.3 is 10.4 Å². The molecule has 0 heterocycles. The topological polar surface area (TPSA) is 32.3 Å². The minimum Gasteiger partial charge on any atom is -0.394 e. The summed E-state index contributed by atoms with van der Waals surface area (Å²) in [6.07, 6.45) is 6.11. The van der Waals surface area contributed by atoms with Crippen LogP contribution in [0.15, 0.2) is 0 Å². The van der Waals surface area contributed by atoms with Crippen LogP contribution >= 0.6 is 0 Å². The minimum atomic E-state index is 0.0228. The zero-order valence-corrected chi connectivity index (χ0v) is 10.6. The molecule has 1 rings (SSSR count). The smallest absolute Gasteiger partial charge is 0.0613 e. The highest BCUT2D eigenvalue weighted by molar-refractivity contribution is 4.90. The maximum atomic E-state index is 9.60. The first kappa shape index (κ1) is 13.0. The molecule has 0 bridgehead atoms. The molecule has 2 atom stereocenters. The van der Waals surface area contributed by atoms with Gasteiger partial charge in [0.1, 0.15) is 0 Å².